The molecule has 0 radical (unpaired) electrons. The van der Waals surface area contributed by atoms with E-state index in [0.29, 0.717) is 5.92 Å². The second kappa shape index (κ2) is 5.15. The summed E-state index contributed by atoms with van der Waals surface area (Å²) in [5.41, 5.74) is 0.0530. The maximum atomic E-state index is 11.6. The van der Waals surface area contributed by atoms with Crippen LogP contribution in [0.2, 0.25) is 0 Å². The summed E-state index contributed by atoms with van der Waals surface area (Å²) in [5.74, 6) is 0.879. The fourth-order valence-electron chi connectivity index (χ4n) is 2.20. The Bertz CT molecular complexity index is 245. The molecule has 1 saturated heterocycles. The number of ether oxygens (including phenoxy) is 1. The molecule has 1 aliphatic carbocycles. The Kier molecular flexibility index (Phi) is 3.82. The minimum Gasteiger partial charge on any atom is -0.381 e. The van der Waals surface area contributed by atoms with Crippen LogP contribution in [0.25, 0.3) is 0 Å². The fourth-order valence-corrected chi connectivity index (χ4v) is 2.20. The molecular formula is C12H22N2O2. The van der Waals surface area contributed by atoms with Gasteiger partial charge in [-0.15, -0.1) is 0 Å². The van der Waals surface area contributed by atoms with Crippen LogP contribution in [0.4, 0.5) is 0 Å². The van der Waals surface area contributed by atoms with Crippen LogP contribution in [0.3, 0.4) is 0 Å². The summed E-state index contributed by atoms with van der Waals surface area (Å²) < 4.78 is 5.36. The van der Waals surface area contributed by atoms with E-state index in [1.807, 2.05) is 7.05 Å². The van der Waals surface area contributed by atoms with Gasteiger partial charge < -0.3 is 15.4 Å². The van der Waals surface area contributed by atoms with Crippen LogP contribution in [0.5, 0.6) is 0 Å². The maximum Gasteiger partial charge on any atom is 0.220 e. The van der Waals surface area contributed by atoms with Gasteiger partial charge in [0.25, 0.3) is 0 Å². The second-order valence-corrected chi connectivity index (χ2v) is 5.07. The van der Waals surface area contributed by atoms with E-state index in [1.54, 1.807) is 0 Å². The highest BCUT2D eigenvalue weighted by Crippen LogP contribution is 2.32. The lowest BCUT2D eigenvalue weighted by Gasteiger charge is -2.37. The zero-order valence-electron chi connectivity index (χ0n) is 10.1. The highest BCUT2D eigenvalue weighted by molar-refractivity contribution is 5.76. The van der Waals surface area contributed by atoms with Crippen LogP contribution in [0, 0.1) is 5.92 Å². The molecule has 16 heavy (non-hydrogen) atoms. The van der Waals surface area contributed by atoms with Gasteiger partial charge in [-0.2, -0.15) is 0 Å². The minimum atomic E-state index is 0.0530. The van der Waals surface area contributed by atoms with E-state index in [-0.39, 0.29) is 11.4 Å². The summed E-state index contributed by atoms with van der Waals surface area (Å²) in [6.45, 7) is 2.32. The Morgan fingerprint density at radius 2 is 2.06 bits per heavy atom. The van der Waals surface area contributed by atoms with Crippen LogP contribution in [-0.4, -0.2) is 38.3 Å². The Balaban J connectivity index is 1.74. The standard InChI is InChI=1S/C12H22N2O2/c1-13-12(4-6-16-7-5-12)9-14-11(15)8-10-2-3-10/h10,13H,2-9H2,1H3,(H,14,15). The summed E-state index contributed by atoms with van der Waals surface area (Å²) in [6.07, 6.45) is 5.15. The van der Waals surface area contributed by atoms with Gasteiger partial charge in [0.05, 0.1) is 0 Å². The van der Waals surface area contributed by atoms with Crippen molar-refractivity contribution in [2.45, 2.75) is 37.6 Å². The van der Waals surface area contributed by atoms with Crippen molar-refractivity contribution in [2.75, 3.05) is 26.8 Å². The van der Waals surface area contributed by atoms with Crippen molar-refractivity contribution in [2.24, 2.45) is 5.92 Å². The number of nitrogens with one attached hydrogen (secondary N) is 2. The molecular weight excluding hydrogens is 204 g/mol. The molecule has 0 bridgehead atoms. The zero-order chi connectivity index (χ0) is 11.4. The molecule has 0 aromatic rings. The van der Waals surface area contributed by atoms with Gasteiger partial charge in [0.1, 0.15) is 0 Å². The number of carbonyl (C=O) groups excluding carboxylic acids is 1. The average molecular weight is 226 g/mol. The Hall–Kier alpha value is -0.610. The normalized spacial score (nSPS) is 24.1. The average Bonchev–Trinajstić information content (AvgIpc) is 3.12. The van der Waals surface area contributed by atoms with Crippen LogP contribution in [-0.2, 0) is 9.53 Å². The van der Waals surface area contributed by atoms with Crippen LogP contribution < -0.4 is 10.6 Å². The predicted molar refractivity (Wildman–Crippen MR) is 62.2 cm³/mol. The SMILES string of the molecule is CNC1(CNC(=O)CC2CC2)CCOCC1. The molecule has 2 aliphatic rings. The lowest BCUT2D eigenvalue weighted by molar-refractivity contribution is -0.122. The summed E-state index contributed by atoms with van der Waals surface area (Å²) in [6, 6.07) is 0. The van der Waals surface area contributed by atoms with Gasteiger partial charge in [0.15, 0.2) is 0 Å². The lowest BCUT2D eigenvalue weighted by atomic mass is 9.90. The van der Waals surface area contributed by atoms with Crippen molar-refractivity contribution in [3.63, 3.8) is 0 Å². The van der Waals surface area contributed by atoms with Crippen molar-refractivity contribution in [3.05, 3.63) is 0 Å². The largest absolute Gasteiger partial charge is 0.381 e. The molecule has 2 rings (SSSR count). The Morgan fingerprint density at radius 1 is 1.38 bits per heavy atom. The van der Waals surface area contributed by atoms with Crippen molar-refractivity contribution in [1.29, 1.82) is 0 Å². The number of carbonyl (C=O) groups is 1. The van der Waals surface area contributed by atoms with E-state index in [1.165, 1.54) is 12.8 Å². The third-order valence-electron chi connectivity index (χ3n) is 3.78. The number of hydrogen-bond donors (Lipinski definition) is 2. The Morgan fingerprint density at radius 3 is 2.62 bits per heavy atom. The summed E-state index contributed by atoms with van der Waals surface area (Å²) in [4.78, 5) is 11.6. The molecule has 1 heterocycles. The molecule has 92 valence electrons. The van der Waals surface area contributed by atoms with Gasteiger partial charge in [0, 0.05) is 31.7 Å². The predicted octanol–water partition coefficient (Wildman–Crippen LogP) is 0.671. The van der Waals surface area contributed by atoms with Gasteiger partial charge in [0.2, 0.25) is 5.91 Å². The topological polar surface area (TPSA) is 50.4 Å². The second-order valence-electron chi connectivity index (χ2n) is 5.07. The van der Waals surface area contributed by atoms with E-state index >= 15 is 0 Å². The van der Waals surface area contributed by atoms with Gasteiger partial charge in [-0.3, -0.25) is 4.79 Å². The van der Waals surface area contributed by atoms with E-state index in [2.05, 4.69) is 10.6 Å². The van der Waals surface area contributed by atoms with Crippen molar-refractivity contribution in [3.8, 4) is 0 Å². The molecule has 2 fully saturated rings. The van der Waals surface area contributed by atoms with E-state index in [4.69, 9.17) is 4.74 Å². The first-order chi connectivity index (χ1) is 7.74. The third kappa shape index (κ3) is 3.19. The fraction of sp³-hybridized carbons (Fsp3) is 0.917. The highest BCUT2D eigenvalue weighted by Gasteiger charge is 2.32. The maximum absolute atomic E-state index is 11.6. The first kappa shape index (κ1) is 11.9. The smallest absolute Gasteiger partial charge is 0.220 e. The van der Waals surface area contributed by atoms with E-state index in [9.17, 15) is 4.79 Å². The van der Waals surface area contributed by atoms with E-state index in [0.717, 1.165) is 39.0 Å². The van der Waals surface area contributed by atoms with Crippen LogP contribution in [0.1, 0.15) is 32.1 Å². The van der Waals surface area contributed by atoms with Crippen molar-refractivity contribution in [1.82, 2.24) is 10.6 Å². The summed E-state index contributed by atoms with van der Waals surface area (Å²) in [5, 5.41) is 6.41. The van der Waals surface area contributed by atoms with Crippen molar-refractivity contribution < 1.29 is 9.53 Å². The number of rotatable bonds is 5. The van der Waals surface area contributed by atoms with Gasteiger partial charge in [-0.25, -0.2) is 0 Å². The third-order valence-corrected chi connectivity index (χ3v) is 3.78. The monoisotopic (exact) mass is 226 g/mol. The molecule has 1 amide bonds. The summed E-state index contributed by atoms with van der Waals surface area (Å²) in [7, 11) is 1.97. The van der Waals surface area contributed by atoms with Crippen LogP contribution >= 0.6 is 0 Å². The first-order valence-corrected chi connectivity index (χ1v) is 6.27. The van der Waals surface area contributed by atoms with Gasteiger partial charge in [-0.05, 0) is 38.6 Å². The molecule has 4 heteroatoms. The molecule has 4 nitrogen and oxygen atoms in total. The van der Waals surface area contributed by atoms with Crippen LogP contribution in [0.15, 0.2) is 0 Å². The molecule has 1 aliphatic heterocycles. The van der Waals surface area contributed by atoms with Gasteiger partial charge >= 0.3 is 0 Å². The number of hydrogen-bond acceptors (Lipinski definition) is 3. The zero-order valence-corrected chi connectivity index (χ0v) is 10.1. The molecule has 0 atom stereocenters. The Labute approximate surface area is 97.1 Å². The minimum absolute atomic E-state index is 0.0530. The summed E-state index contributed by atoms with van der Waals surface area (Å²) >= 11 is 0. The molecule has 1 saturated carbocycles. The quantitative estimate of drug-likeness (QED) is 0.724. The number of amides is 1. The molecule has 2 N–H and O–H groups in total. The van der Waals surface area contributed by atoms with Crippen molar-refractivity contribution >= 4 is 5.91 Å². The molecule has 0 unspecified atom stereocenters. The first-order valence-electron chi connectivity index (χ1n) is 6.27. The lowest BCUT2D eigenvalue weighted by Crippen LogP contribution is -2.55. The van der Waals surface area contributed by atoms with Gasteiger partial charge in [-0.1, -0.05) is 0 Å². The van der Waals surface area contributed by atoms with E-state index < -0.39 is 0 Å². The number of likely N-dealkylation sites (N-methyl/N-ethyl adjacent to an activating group) is 1. The molecule has 0 aromatic heterocycles. The molecule has 0 spiro atoms. The molecule has 0 aromatic carbocycles. The highest BCUT2D eigenvalue weighted by atomic mass is 16.5.